The van der Waals surface area contributed by atoms with Crippen LogP contribution in [0.4, 0.5) is 8.78 Å². The van der Waals surface area contributed by atoms with Crippen molar-refractivity contribution in [2.24, 2.45) is 4.99 Å². The van der Waals surface area contributed by atoms with Crippen molar-refractivity contribution in [1.29, 1.82) is 0 Å². The third-order valence-electron chi connectivity index (χ3n) is 3.48. The average Bonchev–Trinajstić information content (AvgIpc) is 2.86. The zero-order valence-electron chi connectivity index (χ0n) is 14.1. The van der Waals surface area contributed by atoms with Gasteiger partial charge >= 0.3 is 0 Å². The predicted octanol–water partition coefficient (Wildman–Crippen LogP) is 3.34. The Morgan fingerprint density at radius 3 is 2.71 bits per heavy atom. The molecular weight excluding hydrogens is 330 g/mol. The first-order valence-corrected chi connectivity index (χ1v) is 8.70. The van der Waals surface area contributed by atoms with E-state index in [4.69, 9.17) is 0 Å². The van der Waals surface area contributed by atoms with Crippen molar-refractivity contribution in [3.63, 3.8) is 0 Å². The Balaban J connectivity index is 1.92. The molecular formula is C17H22F2N4S. The quantitative estimate of drug-likeness (QED) is 0.619. The van der Waals surface area contributed by atoms with E-state index in [1.165, 1.54) is 10.9 Å². The standard InChI is InChI=1S/C17H22F2N4S/c1-4-20-17(22-10-16-23-11(2)12(3)24-16)21-8-7-13-9-14(18)5-6-15(13)19/h5-6,9H,4,7-8,10H2,1-3H3,(H2,20,21,22). The molecule has 0 spiro atoms. The number of aromatic nitrogens is 1. The van der Waals surface area contributed by atoms with Gasteiger partial charge in [-0.3, -0.25) is 0 Å². The van der Waals surface area contributed by atoms with Crippen molar-refractivity contribution in [2.75, 3.05) is 13.1 Å². The highest BCUT2D eigenvalue weighted by molar-refractivity contribution is 7.11. The summed E-state index contributed by atoms with van der Waals surface area (Å²) >= 11 is 1.63. The molecule has 0 atom stereocenters. The van der Waals surface area contributed by atoms with Crippen LogP contribution in [-0.4, -0.2) is 24.0 Å². The fourth-order valence-corrected chi connectivity index (χ4v) is 3.00. The SMILES string of the molecule is CCNC(=NCc1nc(C)c(C)s1)NCCc1cc(F)ccc1F. The van der Waals surface area contributed by atoms with Gasteiger partial charge in [-0.2, -0.15) is 0 Å². The van der Waals surface area contributed by atoms with E-state index in [1.807, 2.05) is 20.8 Å². The van der Waals surface area contributed by atoms with Crippen LogP contribution in [0, 0.1) is 25.5 Å². The van der Waals surface area contributed by atoms with Crippen LogP contribution in [0.15, 0.2) is 23.2 Å². The largest absolute Gasteiger partial charge is 0.357 e. The molecule has 130 valence electrons. The molecule has 1 aromatic carbocycles. The number of aliphatic imine (C=N–C) groups is 1. The van der Waals surface area contributed by atoms with Gasteiger partial charge in [-0.15, -0.1) is 11.3 Å². The third-order valence-corrected chi connectivity index (χ3v) is 4.54. The molecule has 0 fully saturated rings. The molecule has 7 heteroatoms. The van der Waals surface area contributed by atoms with Gasteiger partial charge in [-0.05, 0) is 51.0 Å². The molecule has 2 rings (SSSR count). The minimum atomic E-state index is -0.429. The summed E-state index contributed by atoms with van der Waals surface area (Å²) in [6.07, 6.45) is 0.378. The van der Waals surface area contributed by atoms with Gasteiger partial charge in [0.15, 0.2) is 5.96 Å². The minimum absolute atomic E-state index is 0.351. The molecule has 4 nitrogen and oxygen atoms in total. The summed E-state index contributed by atoms with van der Waals surface area (Å²) < 4.78 is 26.8. The van der Waals surface area contributed by atoms with E-state index in [1.54, 1.807) is 11.3 Å². The molecule has 24 heavy (non-hydrogen) atoms. The van der Waals surface area contributed by atoms with Crippen molar-refractivity contribution in [3.8, 4) is 0 Å². The van der Waals surface area contributed by atoms with Gasteiger partial charge in [0.1, 0.15) is 16.6 Å². The van der Waals surface area contributed by atoms with Crippen molar-refractivity contribution in [2.45, 2.75) is 33.7 Å². The highest BCUT2D eigenvalue weighted by Gasteiger charge is 2.06. The fourth-order valence-electron chi connectivity index (χ4n) is 2.15. The van der Waals surface area contributed by atoms with Gasteiger partial charge < -0.3 is 10.6 Å². The minimum Gasteiger partial charge on any atom is -0.357 e. The molecule has 2 aromatic rings. The van der Waals surface area contributed by atoms with Crippen molar-refractivity contribution < 1.29 is 8.78 Å². The van der Waals surface area contributed by atoms with E-state index in [-0.39, 0.29) is 0 Å². The lowest BCUT2D eigenvalue weighted by atomic mass is 10.1. The monoisotopic (exact) mass is 352 g/mol. The molecule has 2 N–H and O–H groups in total. The summed E-state index contributed by atoms with van der Waals surface area (Å²) in [7, 11) is 0. The van der Waals surface area contributed by atoms with Crippen LogP contribution in [0.1, 0.15) is 28.1 Å². The third kappa shape index (κ3) is 5.26. The number of rotatable bonds is 6. The van der Waals surface area contributed by atoms with E-state index < -0.39 is 11.6 Å². The van der Waals surface area contributed by atoms with Gasteiger partial charge in [0.25, 0.3) is 0 Å². The maximum absolute atomic E-state index is 13.6. The number of hydrogen-bond acceptors (Lipinski definition) is 3. The molecule has 0 unspecified atom stereocenters. The van der Waals surface area contributed by atoms with Crippen LogP contribution in [0.5, 0.6) is 0 Å². The summed E-state index contributed by atoms with van der Waals surface area (Å²) in [5.41, 5.74) is 1.38. The smallest absolute Gasteiger partial charge is 0.191 e. The Morgan fingerprint density at radius 1 is 1.25 bits per heavy atom. The van der Waals surface area contributed by atoms with E-state index in [0.717, 1.165) is 29.4 Å². The first-order valence-electron chi connectivity index (χ1n) is 7.88. The lowest BCUT2D eigenvalue weighted by Gasteiger charge is -2.11. The van der Waals surface area contributed by atoms with Crippen molar-refractivity contribution in [3.05, 3.63) is 51.0 Å². The Morgan fingerprint density at radius 2 is 2.04 bits per heavy atom. The molecule has 0 saturated heterocycles. The molecule has 0 aliphatic heterocycles. The summed E-state index contributed by atoms with van der Waals surface area (Å²) in [5.74, 6) is -0.185. The number of guanidine groups is 1. The summed E-state index contributed by atoms with van der Waals surface area (Å²) in [6.45, 7) is 7.66. The normalized spacial score (nSPS) is 11.6. The number of benzene rings is 1. The Labute approximate surface area is 145 Å². The van der Waals surface area contributed by atoms with Crippen molar-refractivity contribution >= 4 is 17.3 Å². The molecule has 0 aliphatic carbocycles. The van der Waals surface area contributed by atoms with Gasteiger partial charge in [-0.25, -0.2) is 18.8 Å². The second-order valence-electron chi connectivity index (χ2n) is 5.36. The average molecular weight is 352 g/mol. The number of hydrogen-bond donors (Lipinski definition) is 2. The molecule has 1 heterocycles. The topological polar surface area (TPSA) is 49.3 Å². The molecule has 0 aliphatic rings. The molecule has 0 amide bonds. The van der Waals surface area contributed by atoms with Crippen LogP contribution >= 0.6 is 11.3 Å². The van der Waals surface area contributed by atoms with Gasteiger partial charge in [0, 0.05) is 18.0 Å². The second kappa shape index (κ2) is 8.73. The molecule has 1 aromatic heterocycles. The number of nitrogens with zero attached hydrogens (tertiary/aromatic N) is 2. The Bertz CT molecular complexity index is 693. The van der Waals surface area contributed by atoms with Crippen LogP contribution in [0.2, 0.25) is 0 Å². The van der Waals surface area contributed by atoms with Crippen LogP contribution in [0.3, 0.4) is 0 Å². The fraction of sp³-hybridized carbons (Fsp3) is 0.412. The highest BCUT2D eigenvalue weighted by atomic mass is 32.1. The lowest BCUT2D eigenvalue weighted by molar-refractivity contribution is 0.583. The van der Waals surface area contributed by atoms with E-state index in [9.17, 15) is 8.78 Å². The zero-order chi connectivity index (χ0) is 17.5. The zero-order valence-corrected chi connectivity index (χ0v) is 14.9. The first kappa shape index (κ1) is 18.3. The predicted molar refractivity (Wildman–Crippen MR) is 94.5 cm³/mol. The van der Waals surface area contributed by atoms with Crippen LogP contribution < -0.4 is 10.6 Å². The molecule has 0 bridgehead atoms. The van der Waals surface area contributed by atoms with E-state index >= 15 is 0 Å². The van der Waals surface area contributed by atoms with E-state index in [2.05, 4.69) is 20.6 Å². The van der Waals surface area contributed by atoms with Gasteiger partial charge in [0.05, 0.1) is 12.2 Å². The second-order valence-corrected chi connectivity index (χ2v) is 6.64. The van der Waals surface area contributed by atoms with Crippen molar-refractivity contribution in [1.82, 2.24) is 15.6 Å². The maximum atomic E-state index is 13.6. The highest BCUT2D eigenvalue weighted by Crippen LogP contribution is 2.17. The summed E-state index contributed by atoms with van der Waals surface area (Å²) in [4.78, 5) is 10.1. The van der Waals surface area contributed by atoms with Gasteiger partial charge in [0.2, 0.25) is 0 Å². The maximum Gasteiger partial charge on any atom is 0.191 e. The lowest BCUT2D eigenvalue weighted by Crippen LogP contribution is -2.38. The van der Waals surface area contributed by atoms with Gasteiger partial charge in [-0.1, -0.05) is 0 Å². The van der Waals surface area contributed by atoms with E-state index in [0.29, 0.717) is 31.0 Å². The first-order chi connectivity index (χ1) is 11.5. The number of halogens is 2. The summed E-state index contributed by atoms with van der Waals surface area (Å²) in [5, 5.41) is 7.23. The van der Waals surface area contributed by atoms with Crippen LogP contribution in [-0.2, 0) is 13.0 Å². The number of aryl methyl sites for hydroxylation is 2. The molecule has 0 saturated carbocycles. The van der Waals surface area contributed by atoms with Crippen LogP contribution in [0.25, 0.3) is 0 Å². The molecule has 0 radical (unpaired) electrons. The summed E-state index contributed by atoms with van der Waals surface area (Å²) in [6, 6.07) is 3.50. The Hall–Kier alpha value is -2.02. The Kier molecular flexibility index (Phi) is 6.66. The number of nitrogens with one attached hydrogen (secondary N) is 2. The number of thiazole rings is 1.